The molecule has 0 saturated heterocycles. The van der Waals surface area contributed by atoms with E-state index in [9.17, 15) is 0 Å². The molecule has 16 heavy (non-hydrogen) atoms. The number of aromatic nitrogens is 1. The molecule has 0 amide bonds. The molecule has 1 heterocycles. The van der Waals surface area contributed by atoms with Gasteiger partial charge >= 0.3 is 0 Å². The Morgan fingerprint density at radius 3 is 2.69 bits per heavy atom. The summed E-state index contributed by atoms with van der Waals surface area (Å²) >= 11 is 1.62. The summed E-state index contributed by atoms with van der Waals surface area (Å²) in [4.78, 5) is 4.43. The summed E-state index contributed by atoms with van der Waals surface area (Å²) in [5.41, 5.74) is 11.0. The van der Waals surface area contributed by atoms with Crippen molar-refractivity contribution in [2.75, 3.05) is 5.73 Å². The lowest BCUT2D eigenvalue weighted by Crippen LogP contribution is -1.97. The van der Waals surface area contributed by atoms with Crippen LogP contribution in [0.15, 0.2) is 6.07 Å². The lowest BCUT2D eigenvalue weighted by Gasteiger charge is -2.13. The Hall–Kier alpha value is -1.09. The average molecular weight is 234 g/mol. The first-order chi connectivity index (χ1) is 7.54. The SMILES string of the molecule is CCc1cc(C)c2nc(N)sc2c1C(C)C. The monoisotopic (exact) mass is 234 g/mol. The van der Waals surface area contributed by atoms with Crippen LogP contribution in [0, 0.1) is 6.92 Å². The van der Waals surface area contributed by atoms with E-state index in [0.29, 0.717) is 11.0 Å². The van der Waals surface area contributed by atoms with Gasteiger partial charge in [-0.15, -0.1) is 0 Å². The number of anilines is 1. The van der Waals surface area contributed by atoms with Gasteiger partial charge in [-0.2, -0.15) is 0 Å². The van der Waals surface area contributed by atoms with Crippen LogP contribution in [0.1, 0.15) is 43.4 Å². The van der Waals surface area contributed by atoms with E-state index in [1.807, 2.05) is 0 Å². The summed E-state index contributed by atoms with van der Waals surface area (Å²) in [6, 6.07) is 2.26. The van der Waals surface area contributed by atoms with Crippen LogP contribution in [0.3, 0.4) is 0 Å². The van der Waals surface area contributed by atoms with E-state index < -0.39 is 0 Å². The Balaban J connectivity index is 2.86. The predicted molar refractivity (Wildman–Crippen MR) is 72.2 cm³/mol. The lowest BCUT2D eigenvalue weighted by atomic mass is 9.93. The first kappa shape index (κ1) is 11.4. The molecule has 0 aliphatic rings. The molecule has 0 spiro atoms. The lowest BCUT2D eigenvalue weighted by molar-refractivity contribution is 0.855. The number of nitrogens with zero attached hydrogens (tertiary/aromatic N) is 1. The fraction of sp³-hybridized carbons (Fsp3) is 0.462. The topological polar surface area (TPSA) is 38.9 Å². The van der Waals surface area contributed by atoms with Crippen LogP contribution in [-0.4, -0.2) is 4.98 Å². The highest BCUT2D eigenvalue weighted by molar-refractivity contribution is 7.22. The van der Waals surface area contributed by atoms with Gasteiger partial charge in [-0.3, -0.25) is 0 Å². The van der Waals surface area contributed by atoms with Gasteiger partial charge < -0.3 is 5.73 Å². The molecule has 2 N–H and O–H groups in total. The molecule has 0 aliphatic heterocycles. The van der Waals surface area contributed by atoms with Crippen molar-refractivity contribution < 1.29 is 0 Å². The molecule has 0 bridgehead atoms. The van der Waals surface area contributed by atoms with Gasteiger partial charge in [-0.1, -0.05) is 38.2 Å². The van der Waals surface area contributed by atoms with E-state index in [2.05, 4.69) is 38.7 Å². The van der Waals surface area contributed by atoms with Gasteiger partial charge in [0.2, 0.25) is 0 Å². The van der Waals surface area contributed by atoms with Crippen molar-refractivity contribution in [3.63, 3.8) is 0 Å². The van der Waals surface area contributed by atoms with E-state index in [0.717, 1.165) is 11.9 Å². The van der Waals surface area contributed by atoms with Gasteiger partial charge in [0.1, 0.15) is 0 Å². The van der Waals surface area contributed by atoms with Gasteiger partial charge in [0, 0.05) is 0 Å². The average Bonchev–Trinajstić information content (AvgIpc) is 2.58. The summed E-state index contributed by atoms with van der Waals surface area (Å²) in [5, 5.41) is 0.674. The third-order valence-corrected chi connectivity index (χ3v) is 3.87. The largest absolute Gasteiger partial charge is 0.375 e. The smallest absolute Gasteiger partial charge is 0.181 e. The highest BCUT2D eigenvalue weighted by Crippen LogP contribution is 2.36. The van der Waals surface area contributed by atoms with Crippen LogP contribution in [0.25, 0.3) is 10.2 Å². The molecule has 1 aromatic heterocycles. The molecule has 2 nitrogen and oxygen atoms in total. The van der Waals surface area contributed by atoms with E-state index in [1.165, 1.54) is 21.4 Å². The molecule has 0 atom stereocenters. The minimum atomic E-state index is 0.526. The Labute approximate surface area is 101 Å². The second-order valence-corrected chi connectivity index (χ2v) is 5.54. The quantitative estimate of drug-likeness (QED) is 0.856. The van der Waals surface area contributed by atoms with Crippen molar-refractivity contribution in [2.24, 2.45) is 0 Å². The zero-order valence-electron chi connectivity index (χ0n) is 10.3. The number of nitrogens with two attached hydrogens (primary N) is 1. The minimum Gasteiger partial charge on any atom is -0.375 e. The van der Waals surface area contributed by atoms with E-state index in [-0.39, 0.29) is 0 Å². The van der Waals surface area contributed by atoms with E-state index in [1.54, 1.807) is 11.3 Å². The molecule has 86 valence electrons. The molecular weight excluding hydrogens is 216 g/mol. The highest BCUT2D eigenvalue weighted by Gasteiger charge is 2.15. The maximum atomic E-state index is 5.83. The number of benzene rings is 1. The molecule has 2 rings (SSSR count). The number of rotatable bonds is 2. The zero-order chi connectivity index (χ0) is 11.9. The van der Waals surface area contributed by atoms with Gasteiger partial charge in [0.05, 0.1) is 10.2 Å². The maximum absolute atomic E-state index is 5.83. The number of aryl methyl sites for hydroxylation is 2. The molecule has 0 unspecified atom stereocenters. The second kappa shape index (κ2) is 4.06. The van der Waals surface area contributed by atoms with Crippen molar-refractivity contribution in [3.8, 4) is 0 Å². The van der Waals surface area contributed by atoms with Gasteiger partial charge in [0.15, 0.2) is 5.13 Å². The summed E-state index contributed by atoms with van der Waals surface area (Å²) in [5.74, 6) is 0.526. The maximum Gasteiger partial charge on any atom is 0.181 e. The summed E-state index contributed by atoms with van der Waals surface area (Å²) in [6.07, 6.45) is 1.07. The molecule has 1 aromatic carbocycles. The summed E-state index contributed by atoms with van der Waals surface area (Å²) < 4.78 is 1.28. The van der Waals surface area contributed by atoms with Gasteiger partial charge in [0.25, 0.3) is 0 Å². The Bertz CT molecular complexity index is 526. The molecule has 0 aliphatic carbocycles. The summed E-state index contributed by atoms with van der Waals surface area (Å²) in [7, 11) is 0. The number of hydrogen-bond donors (Lipinski definition) is 1. The second-order valence-electron chi connectivity index (χ2n) is 4.50. The van der Waals surface area contributed by atoms with Crippen LogP contribution in [0.4, 0.5) is 5.13 Å². The molecular formula is C13H18N2S. The van der Waals surface area contributed by atoms with Crippen LogP contribution in [0.5, 0.6) is 0 Å². The van der Waals surface area contributed by atoms with Crippen LogP contribution in [-0.2, 0) is 6.42 Å². The van der Waals surface area contributed by atoms with Crippen molar-refractivity contribution in [1.29, 1.82) is 0 Å². The Kier molecular flexibility index (Phi) is 2.89. The number of fused-ring (bicyclic) bond motifs is 1. The minimum absolute atomic E-state index is 0.526. The van der Waals surface area contributed by atoms with Crippen molar-refractivity contribution in [1.82, 2.24) is 4.98 Å². The van der Waals surface area contributed by atoms with Gasteiger partial charge in [-0.25, -0.2) is 4.98 Å². The predicted octanol–water partition coefficient (Wildman–Crippen LogP) is 3.87. The number of thiazole rings is 1. The van der Waals surface area contributed by atoms with Crippen molar-refractivity contribution in [3.05, 3.63) is 22.8 Å². The van der Waals surface area contributed by atoms with E-state index in [4.69, 9.17) is 5.73 Å². The Morgan fingerprint density at radius 1 is 1.44 bits per heavy atom. The normalized spacial score (nSPS) is 11.6. The molecule has 0 radical (unpaired) electrons. The summed E-state index contributed by atoms with van der Waals surface area (Å²) in [6.45, 7) is 8.79. The zero-order valence-corrected chi connectivity index (χ0v) is 11.1. The van der Waals surface area contributed by atoms with Crippen molar-refractivity contribution >= 4 is 26.7 Å². The third-order valence-electron chi connectivity index (χ3n) is 2.96. The third kappa shape index (κ3) is 1.69. The molecule has 3 heteroatoms. The molecule has 2 aromatic rings. The van der Waals surface area contributed by atoms with Crippen LogP contribution in [0.2, 0.25) is 0 Å². The fourth-order valence-electron chi connectivity index (χ4n) is 2.27. The molecule has 0 fully saturated rings. The fourth-order valence-corrected chi connectivity index (χ4v) is 3.39. The highest BCUT2D eigenvalue weighted by atomic mass is 32.1. The number of hydrogen-bond acceptors (Lipinski definition) is 3. The number of nitrogen functional groups attached to an aromatic ring is 1. The first-order valence-corrected chi connectivity index (χ1v) is 6.54. The van der Waals surface area contributed by atoms with Crippen molar-refractivity contribution in [2.45, 2.75) is 40.0 Å². The van der Waals surface area contributed by atoms with E-state index >= 15 is 0 Å². The Morgan fingerprint density at radius 2 is 2.12 bits per heavy atom. The first-order valence-electron chi connectivity index (χ1n) is 5.73. The van der Waals surface area contributed by atoms with Gasteiger partial charge in [-0.05, 0) is 36.0 Å². The standard InChI is InChI=1S/C13H18N2S/c1-5-9-6-8(4)11-12(10(9)7(2)3)16-13(14)15-11/h6-7H,5H2,1-4H3,(H2,14,15). The van der Waals surface area contributed by atoms with Crippen LogP contribution >= 0.6 is 11.3 Å². The van der Waals surface area contributed by atoms with Crippen LogP contribution < -0.4 is 5.73 Å². The molecule has 0 saturated carbocycles.